The number of hydrogen-bond donors (Lipinski definition) is 2. The molecule has 1 aliphatic heterocycles. The van der Waals surface area contributed by atoms with E-state index >= 15 is 0 Å². The fourth-order valence-corrected chi connectivity index (χ4v) is 3.27. The van der Waals surface area contributed by atoms with Crippen molar-refractivity contribution in [3.05, 3.63) is 30.3 Å². The highest BCUT2D eigenvalue weighted by Gasteiger charge is 2.38. The maximum Gasteiger partial charge on any atom is 0.241 e. The average molecular weight is 244 g/mol. The normalized spacial score (nSPS) is 30.8. The number of para-hydroxylation sites is 1. The van der Waals surface area contributed by atoms with Crippen LogP contribution in [0.5, 0.6) is 0 Å². The highest BCUT2D eigenvalue weighted by atomic mass is 16.2. The molecule has 3 atom stereocenters. The van der Waals surface area contributed by atoms with Crippen LogP contribution < -0.4 is 10.6 Å². The number of anilines is 1. The summed E-state index contributed by atoms with van der Waals surface area (Å²) in [5.74, 6) is 0.834. The number of carbonyl (C=O) groups excluding carboxylic acids is 1. The van der Waals surface area contributed by atoms with Gasteiger partial charge in [-0.3, -0.25) is 4.79 Å². The van der Waals surface area contributed by atoms with Crippen LogP contribution in [-0.2, 0) is 4.79 Å². The first-order chi connectivity index (χ1) is 8.83. The van der Waals surface area contributed by atoms with Crippen molar-refractivity contribution in [1.29, 1.82) is 0 Å². The Morgan fingerprint density at radius 3 is 2.72 bits per heavy atom. The van der Waals surface area contributed by atoms with Crippen molar-refractivity contribution in [2.24, 2.45) is 5.92 Å². The molecule has 0 bridgehead atoms. The molecule has 2 N–H and O–H groups in total. The second-order valence-corrected chi connectivity index (χ2v) is 5.46. The summed E-state index contributed by atoms with van der Waals surface area (Å²) < 4.78 is 0. The maximum absolute atomic E-state index is 12.2. The molecule has 1 aromatic rings. The van der Waals surface area contributed by atoms with Gasteiger partial charge in [-0.25, -0.2) is 0 Å². The topological polar surface area (TPSA) is 41.1 Å². The molecule has 0 aromatic heterocycles. The molecule has 1 amide bonds. The third kappa shape index (κ3) is 2.41. The van der Waals surface area contributed by atoms with Crippen LogP contribution in [0.3, 0.4) is 0 Å². The summed E-state index contributed by atoms with van der Waals surface area (Å²) in [6.07, 6.45) is 6.16. The van der Waals surface area contributed by atoms with E-state index < -0.39 is 0 Å². The number of carbonyl (C=O) groups is 1. The number of nitrogens with one attached hydrogen (secondary N) is 2. The van der Waals surface area contributed by atoms with E-state index in [9.17, 15) is 4.79 Å². The molecule has 0 unspecified atom stereocenters. The van der Waals surface area contributed by atoms with E-state index in [0.717, 1.165) is 12.1 Å². The SMILES string of the molecule is O=C(Nc1ccccc1)[C@@H]1C[C@@H]2CCCC[C@@H]2N1. The largest absolute Gasteiger partial charge is 0.325 e. The molecule has 3 rings (SSSR count). The Kier molecular flexibility index (Phi) is 3.33. The lowest BCUT2D eigenvalue weighted by Crippen LogP contribution is -2.39. The molecule has 1 heterocycles. The summed E-state index contributed by atoms with van der Waals surface area (Å²) in [7, 11) is 0. The summed E-state index contributed by atoms with van der Waals surface area (Å²) in [5.41, 5.74) is 0.888. The first-order valence-electron chi connectivity index (χ1n) is 6.95. The van der Waals surface area contributed by atoms with Crippen molar-refractivity contribution in [3.63, 3.8) is 0 Å². The summed E-state index contributed by atoms with van der Waals surface area (Å²) in [5, 5.41) is 6.49. The Balaban J connectivity index is 1.60. The minimum absolute atomic E-state index is 0.00157. The highest BCUT2D eigenvalue weighted by Crippen LogP contribution is 2.33. The van der Waals surface area contributed by atoms with Crippen molar-refractivity contribution in [2.75, 3.05) is 5.32 Å². The van der Waals surface area contributed by atoms with Crippen molar-refractivity contribution in [1.82, 2.24) is 5.32 Å². The molecule has 18 heavy (non-hydrogen) atoms. The minimum atomic E-state index is -0.00157. The zero-order valence-corrected chi connectivity index (χ0v) is 10.6. The van der Waals surface area contributed by atoms with E-state index in [1.54, 1.807) is 0 Å². The number of benzene rings is 1. The van der Waals surface area contributed by atoms with Crippen LogP contribution >= 0.6 is 0 Å². The Hall–Kier alpha value is -1.35. The first-order valence-corrected chi connectivity index (χ1v) is 6.95. The lowest BCUT2D eigenvalue weighted by atomic mass is 9.85. The van der Waals surface area contributed by atoms with Gasteiger partial charge in [0.05, 0.1) is 6.04 Å². The van der Waals surface area contributed by atoms with Crippen molar-refractivity contribution in [3.8, 4) is 0 Å². The predicted molar refractivity (Wildman–Crippen MR) is 72.4 cm³/mol. The van der Waals surface area contributed by atoms with E-state index in [4.69, 9.17) is 0 Å². The van der Waals surface area contributed by atoms with Crippen LogP contribution in [0.4, 0.5) is 5.69 Å². The number of amides is 1. The third-order valence-electron chi connectivity index (χ3n) is 4.22. The predicted octanol–water partition coefficient (Wildman–Crippen LogP) is 2.55. The van der Waals surface area contributed by atoms with Crippen LogP contribution in [0.25, 0.3) is 0 Å². The van der Waals surface area contributed by atoms with Crippen LogP contribution in [0.1, 0.15) is 32.1 Å². The molecule has 3 nitrogen and oxygen atoms in total. The monoisotopic (exact) mass is 244 g/mol. The third-order valence-corrected chi connectivity index (χ3v) is 4.22. The zero-order chi connectivity index (χ0) is 12.4. The fourth-order valence-electron chi connectivity index (χ4n) is 3.27. The van der Waals surface area contributed by atoms with Gasteiger partial charge < -0.3 is 10.6 Å². The van der Waals surface area contributed by atoms with Gasteiger partial charge in [0.2, 0.25) is 5.91 Å². The summed E-state index contributed by atoms with van der Waals surface area (Å²) in [6.45, 7) is 0. The molecule has 1 saturated heterocycles. The maximum atomic E-state index is 12.2. The average Bonchev–Trinajstić information content (AvgIpc) is 2.84. The van der Waals surface area contributed by atoms with Gasteiger partial charge in [-0.1, -0.05) is 31.0 Å². The summed E-state index contributed by atoms with van der Waals surface area (Å²) in [4.78, 5) is 12.2. The van der Waals surface area contributed by atoms with Gasteiger partial charge in [-0.2, -0.15) is 0 Å². The lowest BCUT2D eigenvalue weighted by molar-refractivity contribution is -0.117. The Morgan fingerprint density at radius 2 is 1.94 bits per heavy atom. The molecule has 3 heteroatoms. The fraction of sp³-hybridized carbons (Fsp3) is 0.533. The van der Waals surface area contributed by atoms with E-state index in [1.165, 1.54) is 25.7 Å². The molecule has 2 fully saturated rings. The van der Waals surface area contributed by atoms with Gasteiger partial charge in [0.25, 0.3) is 0 Å². The smallest absolute Gasteiger partial charge is 0.241 e. The van der Waals surface area contributed by atoms with Gasteiger partial charge in [-0.15, -0.1) is 0 Å². The van der Waals surface area contributed by atoms with Gasteiger partial charge in [0.1, 0.15) is 0 Å². The molecule has 1 aromatic carbocycles. The van der Waals surface area contributed by atoms with Crippen LogP contribution in [-0.4, -0.2) is 18.0 Å². The van der Waals surface area contributed by atoms with E-state index in [1.807, 2.05) is 30.3 Å². The standard InChI is InChI=1S/C15H20N2O/c18-15(16-12-7-2-1-3-8-12)14-10-11-6-4-5-9-13(11)17-14/h1-3,7-8,11,13-14,17H,4-6,9-10H2,(H,16,18)/t11-,13-,14-/m0/s1. The quantitative estimate of drug-likeness (QED) is 0.839. The summed E-state index contributed by atoms with van der Waals surface area (Å²) >= 11 is 0. The van der Waals surface area contributed by atoms with Gasteiger partial charge in [0, 0.05) is 11.7 Å². The zero-order valence-electron chi connectivity index (χ0n) is 10.6. The molecule has 0 spiro atoms. The van der Waals surface area contributed by atoms with Gasteiger partial charge in [-0.05, 0) is 37.3 Å². The molecular weight excluding hydrogens is 224 g/mol. The van der Waals surface area contributed by atoms with Crippen molar-refractivity contribution in [2.45, 2.75) is 44.2 Å². The Bertz CT molecular complexity index is 404. The highest BCUT2D eigenvalue weighted by molar-refractivity contribution is 5.95. The van der Waals surface area contributed by atoms with Gasteiger partial charge >= 0.3 is 0 Å². The first kappa shape index (κ1) is 11.7. The van der Waals surface area contributed by atoms with E-state index in [-0.39, 0.29) is 11.9 Å². The second-order valence-electron chi connectivity index (χ2n) is 5.46. The minimum Gasteiger partial charge on any atom is -0.325 e. The second kappa shape index (κ2) is 5.11. The molecule has 96 valence electrons. The molecular formula is C15H20N2O. The molecule has 1 saturated carbocycles. The van der Waals surface area contributed by atoms with Crippen LogP contribution in [0.15, 0.2) is 30.3 Å². The van der Waals surface area contributed by atoms with Crippen LogP contribution in [0.2, 0.25) is 0 Å². The Morgan fingerprint density at radius 1 is 1.17 bits per heavy atom. The van der Waals surface area contributed by atoms with Crippen molar-refractivity contribution >= 4 is 11.6 Å². The lowest BCUT2D eigenvalue weighted by Gasteiger charge is -2.24. The Labute approximate surface area is 108 Å². The molecule has 0 radical (unpaired) electrons. The van der Waals surface area contributed by atoms with E-state index in [0.29, 0.717) is 12.0 Å². The summed E-state index contributed by atoms with van der Waals surface area (Å²) in [6, 6.07) is 10.3. The van der Waals surface area contributed by atoms with Crippen LogP contribution in [0, 0.1) is 5.92 Å². The van der Waals surface area contributed by atoms with Crippen molar-refractivity contribution < 1.29 is 4.79 Å². The van der Waals surface area contributed by atoms with Gasteiger partial charge in [0.15, 0.2) is 0 Å². The molecule has 1 aliphatic carbocycles. The molecule has 2 aliphatic rings. The number of fused-ring (bicyclic) bond motifs is 1. The number of hydrogen-bond acceptors (Lipinski definition) is 2. The van der Waals surface area contributed by atoms with E-state index in [2.05, 4.69) is 10.6 Å². The number of rotatable bonds is 2.